The second-order valence-electron chi connectivity index (χ2n) is 5.42. The number of hydrogen-bond donors (Lipinski definition) is 3. The van der Waals surface area contributed by atoms with E-state index < -0.39 is 0 Å². The molecule has 1 aliphatic rings. The van der Waals surface area contributed by atoms with Crippen LogP contribution in [0.15, 0.2) is 24.3 Å². The van der Waals surface area contributed by atoms with Crippen molar-refractivity contribution in [1.82, 2.24) is 10.6 Å². The van der Waals surface area contributed by atoms with Crippen LogP contribution in [-0.2, 0) is 9.53 Å². The van der Waals surface area contributed by atoms with Crippen molar-refractivity contribution in [1.29, 1.82) is 0 Å². The third-order valence-corrected chi connectivity index (χ3v) is 3.39. The van der Waals surface area contributed by atoms with Gasteiger partial charge in [0.05, 0.1) is 13.2 Å². The molecule has 2 rings (SSSR count). The number of carbonyl (C=O) groups is 2. The first-order chi connectivity index (χ1) is 11.1. The van der Waals surface area contributed by atoms with Crippen LogP contribution in [-0.4, -0.2) is 44.8 Å². The number of ether oxygens (including phenoxy) is 2. The Bertz CT molecular complexity index is 530. The van der Waals surface area contributed by atoms with Gasteiger partial charge in [0.1, 0.15) is 12.4 Å². The van der Waals surface area contributed by atoms with Gasteiger partial charge in [-0.2, -0.15) is 0 Å². The number of urea groups is 1. The zero-order chi connectivity index (χ0) is 16.5. The van der Waals surface area contributed by atoms with Crippen LogP contribution in [0.3, 0.4) is 0 Å². The van der Waals surface area contributed by atoms with Gasteiger partial charge in [-0.25, -0.2) is 4.79 Å². The molecule has 0 spiro atoms. The summed E-state index contributed by atoms with van der Waals surface area (Å²) in [5.41, 5.74) is 0.680. The Morgan fingerprint density at radius 3 is 2.96 bits per heavy atom. The van der Waals surface area contributed by atoms with E-state index in [1.165, 1.54) is 6.92 Å². The molecule has 1 aliphatic heterocycles. The first-order valence-corrected chi connectivity index (χ1v) is 7.73. The zero-order valence-electron chi connectivity index (χ0n) is 13.3. The molecule has 7 heteroatoms. The first kappa shape index (κ1) is 17.1. The summed E-state index contributed by atoms with van der Waals surface area (Å²) in [6.45, 7) is 4.33. The topological polar surface area (TPSA) is 88.7 Å². The molecule has 0 aliphatic carbocycles. The molecule has 1 saturated heterocycles. The number of rotatable bonds is 7. The molecular formula is C16H23N3O4. The summed E-state index contributed by atoms with van der Waals surface area (Å²) in [4.78, 5) is 22.6. The van der Waals surface area contributed by atoms with Gasteiger partial charge in [-0.05, 0) is 18.6 Å². The number of anilines is 1. The van der Waals surface area contributed by atoms with Crippen molar-refractivity contribution in [2.45, 2.75) is 13.3 Å². The van der Waals surface area contributed by atoms with Gasteiger partial charge in [-0.1, -0.05) is 6.07 Å². The normalized spacial score (nSPS) is 16.7. The molecule has 1 heterocycles. The number of carbonyl (C=O) groups excluding carboxylic acids is 2. The van der Waals surface area contributed by atoms with Crippen molar-refractivity contribution in [2.24, 2.45) is 5.92 Å². The first-order valence-electron chi connectivity index (χ1n) is 7.73. The van der Waals surface area contributed by atoms with E-state index in [1.807, 2.05) is 0 Å². The van der Waals surface area contributed by atoms with Crippen molar-refractivity contribution in [2.75, 3.05) is 38.2 Å². The average Bonchev–Trinajstić information content (AvgIpc) is 3.03. The summed E-state index contributed by atoms with van der Waals surface area (Å²) in [6.07, 6.45) is 0.994. The van der Waals surface area contributed by atoms with E-state index in [2.05, 4.69) is 16.0 Å². The van der Waals surface area contributed by atoms with Gasteiger partial charge in [0.25, 0.3) is 0 Å². The van der Waals surface area contributed by atoms with Crippen molar-refractivity contribution in [3.05, 3.63) is 24.3 Å². The number of benzene rings is 1. The Morgan fingerprint density at radius 1 is 1.35 bits per heavy atom. The average molecular weight is 321 g/mol. The molecule has 3 amide bonds. The highest BCUT2D eigenvalue weighted by molar-refractivity contribution is 5.88. The van der Waals surface area contributed by atoms with Gasteiger partial charge in [0.15, 0.2) is 0 Å². The molecule has 0 unspecified atom stereocenters. The van der Waals surface area contributed by atoms with Crippen LogP contribution in [0.2, 0.25) is 0 Å². The monoisotopic (exact) mass is 321 g/mol. The molecular weight excluding hydrogens is 298 g/mol. The van der Waals surface area contributed by atoms with Crippen molar-refractivity contribution >= 4 is 17.6 Å². The Labute approximate surface area is 135 Å². The van der Waals surface area contributed by atoms with Crippen molar-refractivity contribution in [3.8, 4) is 5.75 Å². The quantitative estimate of drug-likeness (QED) is 0.662. The lowest BCUT2D eigenvalue weighted by molar-refractivity contribution is -0.114. The van der Waals surface area contributed by atoms with Crippen LogP contribution >= 0.6 is 0 Å². The van der Waals surface area contributed by atoms with E-state index in [0.717, 1.165) is 13.0 Å². The lowest BCUT2D eigenvalue weighted by atomic mass is 10.1. The molecule has 126 valence electrons. The minimum Gasteiger partial charge on any atom is -0.492 e. The van der Waals surface area contributed by atoms with E-state index in [1.54, 1.807) is 24.3 Å². The molecule has 1 fully saturated rings. The molecule has 1 aromatic rings. The van der Waals surface area contributed by atoms with E-state index in [9.17, 15) is 9.59 Å². The minimum atomic E-state index is -0.201. The van der Waals surface area contributed by atoms with Crippen molar-refractivity contribution < 1.29 is 19.1 Å². The number of nitrogens with one attached hydrogen (secondary N) is 3. The predicted molar refractivity (Wildman–Crippen MR) is 86.6 cm³/mol. The molecule has 1 atom stereocenters. The molecule has 7 nitrogen and oxygen atoms in total. The highest BCUT2D eigenvalue weighted by Crippen LogP contribution is 2.17. The maximum absolute atomic E-state index is 11.6. The fourth-order valence-electron chi connectivity index (χ4n) is 2.24. The fourth-order valence-corrected chi connectivity index (χ4v) is 2.24. The van der Waals surface area contributed by atoms with Gasteiger partial charge < -0.3 is 25.4 Å². The highest BCUT2D eigenvalue weighted by atomic mass is 16.5. The standard InChI is InChI=1S/C16H23N3O4/c1-12(20)19-14-3-2-4-15(9-14)23-8-6-17-16(21)18-10-13-5-7-22-11-13/h2-4,9,13H,5-8,10-11H2,1H3,(H,19,20)(H2,17,18,21)/t13-/m1/s1. The summed E-state index contributed by atoms with van der Waals surface area (Å²) in [7, 11) is 0. The van der Waals surface area contributed by atoms with Gasteiger partial charge >= 0.3 is 6.03 Å². The molecule has 0 aromatic heterocycles. The third-order valence-electron chi connectivity index (χ3n) is 3.39. The molecule has 0 radical (unpaired) electrons. The summed E-state index contributed by atoms with van der Waals surface area (Å²) in [5, 5.41) is 8.25. The fraction of sp³-hybridized carbons (Fsp3) is 0.500. The highest BCUT2D eigenvalue weighted by Gasteiger charge is 2.15. The Balaban J connectivity index is 1.60. The lowest BCUT2D eigenvalue weighted by Crippen LogP contribution is -2.40. The smallest absolute Gasteiger partial charge is 0.314 e. The van der Waals surface area contributed by atoms with Crippen molar-refractivity contribution in [3.63, 3.8) is 0 Å². The summed E-state index contributed by atoms with van der Waals surface area (Å²) in [6, 6.07) is 6.91. The molecule has 23 heavy (non-hydrogen) atoms. The maximum Gasteiger partial charge on any atom is 0.314 e. The lowest BCUT2D eigenvalue weighted by Gasteiger charge is -2.12. The van der Waals surface area contributed by atoms with Gasteiger partial charge in [0, 0.05) is 37.7 Å². The largest absolute Gasteiger partial charge is 0.492 e. The molecule has 0 bridgehead atoms. The summed E-state index contributed by atoms with van der Waals surface area (Å²) in [5.74, 6) is 0.920. The number of amides is 3. The van der Waals surface area contributed by atoms with E-state index in [4.69, 9.17) is 9.47 Å². The van der Waals surface area contributed by atoms with Crippen LogP contribution in [0.5, 0.6) is 5.75 Å². The molecule has 1 aromatic carbocycles. The van der Waals surface area contributed by atoms with Crippen LogP contribution in [0.1, 0.15) is 13.3 Å². The van der Waals surface area contributed by atoms with E-state index >= 15 is 0 Å². The van der Waals surface area contributed by atoms with Crippen LogP contribution in [0.4, 0.5) is 10.5 Å². The summed E-state index contributed by atoms with van der Waals surface area (Å²) >= 11 is 0. The van der Waals surface area contributed by atoms with Crippen LogP contribution in [0, 0.1) is 5.92 Å². The number of hydrogen-bond acceptors (Lipinski definition) is 4. The predicted octanol–water partition coefficient (Wildman–Crippen LogP) is 1.36. The summed E-state index contributed by atoms with van der Waals surface area (Å²) < 4.78 is 10.8. The second-order valence-corrected chi connectivity index (χ2v) is 5.42. The van der Waals surface area contributed by atoms with Crippen LogP contribution < -0.4 is 20.7 Å². The Morgan fingerprint density at radius 2 is 2.22 bits per heavy atom. The van der Waals surface area contributed by atoms with Gasteiger partial charge in [0.2, 0.25) is 5.91 Å². The van der Waals surface area contributed by atoms with E-state index in [0.29, 0.717) is 43.7 Å². The maximum atomic E-state index is 11.6. The van der Waals surface area contributed by atoms with Crippen LogP contribution in [0.25, 0.3) is 0 Å². The SMILES string of the molecule is CC(=O)Nc1cccc(OCCNC(=O)NC[C@H]2CCOC2)c1. The Kier molecular flexibility index (Phi) is 6.68. The Hall–Kier alpha value is -2.28. The molecule has 0 saturated carbocycles. The molecule has 3 N–H and O–H groups in total. The second kappa shape index (κ2) is 8.99. The van der Waals surface area contributed by atoms with Gasteiger partial charge in [-0.15, -0.1) is 0 Å². The zero-order valence-corrected chi connectivity index (χ0v) is 13.3. The third kappa shape index (κ3) is 6.56. The van der Waals surface area contributed by atoms with E-state index in [-0.39, 0.29) is 11.9 Å². The van der Waals surface area contributed by atoms with Gasteiger partial charge in [-0.3, -0.25) is 4.79 Å². The minimum absolute atomic E-state index is 0.131.